The lowest BCUT2D eigenvalue weighted by Crippen LogP contribution is -2.50. The standard InChI is InChI=1S/C18H16ClF3N2O4S/c1-29(26,27)24-10-16(28-15-6-5-13(19)8-14(15)24)17(25)23-9-11-3-2-4-12(7-11)18(20,21)22/h2-8,16H,9-10H2,1H3,(H,23,25)/t16-/m0/s1. The van der Waals surface area contributed by atoms with E-state index in [0.29, 0.717) is 5.02 Å². The fourth-order valence-electron chi connectivity index (χ4n) is 2.84. The second kappa shape index (κ2) is 7.75. The van der Waals surface area contributed by atoms with E-state index in [1.165, 1.54) is 30.3 Å². The minimum Gasteiger partial charge on any atom is -0.476 e. The average molecular weight is 449 g/mol. The van der Waals surface area contributed by atoms with Crippen molar-refractivity contribution in [2.24, 2.45) is 0 Å². The number of ether oxygens (including phenoxy) is 1. The molecule has 2 aromatic carbocycles. The Morgan fingerprint density at radius 2 is 2.00 bits per heavy atom. The van der Waals surface area contributed by atoms with Gasteiger partial charge in [-0.15, -0.1) is 0 Å². The molecule has 29 heavy (non-hydrogen) atoms. The topological polar surface area (TPSA) is 75.7 Å². The van der Waals surface area contributed by atoms with E-state index < -0.39 is 33.8 Å². The van der Waals surface area contributed by atoms with Gasteiger partial charge in [0.15, 0.2) is 6.10 Å². The summed E-state index contributed by atoms with van der Waals surface area (Å²) < 4.78 is 69.3. The Morgan fingerprint density at radius 1 is 1.28 bits per heavy atom. The Balaban J connectivity index is 1.76. The molecule has 1 amide bonds. The Bertz CT molecular complexity index is 1040. The van der Waals surface area contributed by atoms with Gasteiger partial charge in [-0.2, -0.15) is 13.2 Å². The number of fused-ring (bicyclic) bond motifs is 1. The molecule has 0 bridgehead atoms. The number of sulfonamides is 1. The molecule has 1 atom stereocenters. The largest absolute Gasteiger partial charge is 0.476 e. The second-order valence-electron chi connectivity index (χ2n) is 6.43. The molecule has 0 saturated carbocycles. The summed E-state index contributed by atoms with van der Waals surface area (Å²) in [5, 5.41) is 2.78. The van der Waals surface area contributed by atoms with Crippen molar-refractivity contribution >= 4 is 33.2 Å². The Kier molecular flexibility index (Phi) is 5.68. The number of nitrogens with one attached hydrogen (secondary N) is 1. The van der Waals surface area contributed by atoms with Gasteiger partial charge in [0.05, 0.1) is 24.1 Å². The molecule has 6 nitrogen and oxygen atoms in total. The highest BCUT2D eigenvalue weighted by Gasteiger charge is 2.35. The predicted molar refractivity (Wildman–Crippen MR) is 101 cm³/mol. The van der Waals surface area contributed by atoms with Crippen LogP contribution in [0.2, 0.25) is 5.02 Å². The number of nitrogens with zero attached hydrogens (tertiary/aromatic N) is 1. The highest BCUT2D eigenvalue weighted by molar-refractivity contribution is 7.92. The predicted octanol–water partition coefficient (Wildman–Crippen LogP) is 3.20. The summed E-state index contributed by atoms with van der Waals surface area (Å²) in [5.74, 6) is -0.498. The minimum atomic E-state index is -4.49. The number of rotatable bonds is 4. The molecular formula is C18H16ClF3N2O4S. The molecule has 0 unspecified atom stereocenters. The molecule has 3 rings (SSSR count). The van der Waals surface area contributed by atoms with Crippen molar-refractivity contribution in [2.75, 3.05) is 17.1 Å². The number of anilines is 1. The van der Waals surface area contributed by atoms with Crippen LogP contribution in [0.25, 0.3) is 0 Å². The molecule has 0 aromatic heterocycles. The van der Waals surface area contributed by atoms with Gasteiger partial charge in [0.25, 0.3) is 5.91 Å². The van der Waals surface area contributed by atoms with Gasteiger partial charge in [-0.1, -0.05) is 23.7 Å². The molecule has 0 saturated heterocycles. The summed E-state index contributed by atoms with van der Waals surface area (Å²) in [6.45, 7) is -0.463. The first-order valence-corrected chi connectivity index (χ1v) is 10.6. The van der Waals surface area contributed by atoms with Crippen molar-refractivity contribution in [1.82, 2.24) is 5.32 Å². The minimum absolute atomic E-state index is 0.158. The van der Waals surface area contributed by atoms with Crippen molar-refractivity contribution in [2.45, 2.75) is 18.8 Å². The zero-order chi connectivity index (χ0) is 21.4. The number of alkyl halides is 3. The van der Waals surface area contributed by atoms with E-state index in [0.717, 1.165) is 22.7 Å². The van der Waals surface area contributed by atoms with Crippen molar-refractivity contribution in [3.63, 3.8) is 0 Å². The maximum atomic E-state index is 12.8. The molecule has 156 valence electrons. The molecule has 11 heteroatoms. The highest BCUT2D eigenvalue weighted by atomic mass is 35.5. The summed E-state index contributed by atoms with van der Waals surface area (Å²) in [4.78, 5) is 12.5. The fourth-order valence-corrected chi connectivity index (χ4v) is 3.91. The van der Waals surface area contributed by atoms with Gasteiger partial charge in [0.1, 0.15) is 5.75 Å². The SMILES string of the molecule is CS(=O)(=O)N1C[C@@H](C(=O)NCc2cccc(C(F)(F)F)c2)Oc2ccc(Cl)cc21. The Labute approximate surface area is 170 Å². The normalized spacial score (nSPS) is 16.7. The van der Waals surface area contributed by atoms with Crippen molar-refractivity contribution < 1.29 is 31.1 Å². The molecule has 0 aliphatic carbocycles. The van der Waals surface area contributed by atoms with Crippen LogP contribution in [0.15, 0.2) is 42.5 Å². The number of benzene rings is 2. The van der Waals surface area contributed by atoms with Crippen molar-refractivity contribution in [3.05, 3.63) is 58.6 Å². The second-order valence-corrected chi connectivity index (χ2v) is 8.77. The van der Waals surface area contributed by atoms with E-state index in [2.05, 4.69) is 5.32 Å². The molecule has 0 radical (unpaired) electrons. The van der Waals surface area contributed by atoms with E-state index in [1.807, 2.05) is 0 Å². The van der Waals surface area contributed by atoms with E-state index in [-0.39, 0.29) is 30.1 Å². The van der Waals surface area contributed by atoms with Crippen LogP contribution in [0.4, 0.5) is 18.9 Å². The lowest BCUT2D eigenvalue weighted by Gasteiger charge is -2.34. The molecule has 0 spiro atoms. The third-order valence-corrected chi connectivity index (χ3v) is 5.59. The number of carbonyl (C=O) groups excluding carboxylic acids is 1. The molecular weight excluding hydrogens is 433 g/mol. The third kappa shape index (κ3) is 4.94. The fraction of sp³-hybridized carbons (Fsp3) is 0.278. The van der Waals surface area contributed by atoms with Crippen molar-refractivity contribution in [3.8, 4) is 5.75 Å². The first-order chi connectivity index (χ1) is 13.4. The maximum absolute atomic E-state index is 12.8. The van der Waals surface area contributed by atoms with Crippen LogP contribution < -0.4 is 14.4 Å². The summed E-state index contributed by atoms with van der Waals surface area (Å²) in [5.41, 5.74) is -0.370. The van der Waals surface area contributed by atoms with E-state index in [4.69, 9.17) is 16.3 Å². The average Bonchev–Trinajstić information content (AvgIpc) is 2.64. The quantitative estimate of drug-likeness (QED) is 0.779. The van der Waals surface area contributed by atoms with Crippen LogP contribution in [-0.2, 0) is 27.5 Å². The summed E-state index contributed by atoms with van der Waals surface area (Å²) in [7, 11) is -3.72. The van der Waals surface area contributed by atoms with Gasteiger partial charge in [0.2, 0.25) is 10.0 Å². The van der Waals surface area contributed by atoms with Gasteiger partial charge in [-0.05, 0) is 35.9 Å². The van der Waals surface area contributed by atoms with Crippen LogP contribution in [0.1, 0.15) is 11.1 Å². The van der Waals surface area contributed by atoms with Crippen LogP contribution >= 0.6 is 11.6 Å². The lowest BCUT2D eigenvalue weighted by atomic mass is 10.1. The van der Waals surface area contributed by atoms with Crippen LogP contribution in [-0.4, -0.2) is 33.2 Å². The van der Waals surface area contributed by atoms with Crippen LogP contribution in [0, 0.1) is 0 Å². The van der Waals surface area contributed by atoms with Gasteiger partial charge in [0, 0.05) is 11.6 Å². The van der Waals surface area contributed by atoms with Gasteiger partial charge in [-0.25, -0.2) is 8.42 Å². The Hall–Kier alpha value is -2.46. The van der Waals surface area contributed by atoms with Crippen molar-refractivity contribution in [1.29, 1.82) is 0 Å². The number of halogens is 4. The monoisotopic (exact) mass is 448 g/mol. The zero-order valence-corrected chi connectivity index (χ0v) is 16.6. The maximum Gasteiger partial charge on any atom is 0.416 e. The summed E-state index contributed by atoms with van der Waals surface area (Å²) >= 11 is 5.92. The first kappa shape index (κ1) is 21.3. The third-order valence-electron chi connectivity index (χ3n) is 4.20. The smallest absolute Gasteiger partial charge is 0.416 e. The number of amides is 1. The zero-order valence-electron chi connectivity index (χ0n) is 15.0. The van der Waals surface area contributed by atoms with E-state index >= 15 is 0 Å². The molecule has 1 heterocycles. The molecule has 0 fully saturated rings. The van der Waals surface area contributed by atoms with E-state index in [1.54, 1.807) is 0 Å². The van der Waals surface area contributed by atoms with Gasteiger partial charge < -0.3 is 10.1 Å². The number of hydrogen-bond donors (Lipinski definition) is 1. The summed E-state index contributed by atoms with van der Waals surface area (Å²) in [6.07, 6.45) is -4.68. The number of carbonyl (C=O) groups is 1. The summed E-state index contributed by atoms with van der Waals surface area (Å²) in [6, 6.07) is 8.90. The number of hydrogen-bond acceptors (Lipinski definition) is 4. The van der Waals surface area contributed by atoms with Gasteiger partial charge >= 0.3 is 6.18 Å². The van der Waals surface area contributed by atoms with Gasteiger partial charge in [-0.3, -0.25) is 9.10 Å². The lowest BCUT2D eigenvalue weighted by molar-refractivity contribution is -0.137. The molecule has 1 aliphatic heterocycles. The first-order valence-electron chi connectivity index (χ1n) is 8.33. The molecule has 1 N–H and O–H groups in total. The Morgan fingerprint density at radius 3 is 2.66 bits per heavy atom. The molecule has 1 aliphatic rings. The molecule has 2 aromatic rings. The highest BCUT2D eigenvalue weighted by Crippen LogP contribution is 2.37. The van der Waals surface area contributed by atoms with E-state index in [9.17, 15) is 26.4 Å². The van der Waals surface area contributed by atoms with Crippen LogP contribution in [0.3, 0.4) is 0 Å². The van der Waals surface area contributed by atoms with Crippen LogP contribution in [0.5, 0.6) is 5.75 Å².